The first-order valence-electron chi connectivity index (χ1n) is 6.76. The van der Waals surface area contributed by atoms with Crippen molar-refractivity contribution in [3.8, 4) is 0 Å². The van der Waals surface area contributed by atoms with Crippen molar-refractivity contribution in [1.82, 2.24) is 4.90 Å². The summed E-state index contributed by atoms with van der Waals surface area (Å²) in [5, 5.41) is 0. The van der Waals surface area contributed by atoms with Gasteiger partial charge in [-0.3, -0.25) is 4.90 Å². The molecule has 1 aliphatic rings. The van der Waals surface area contributed by atoms with Gasteiger partial charge >= 0.3 is 0 Å². The summed E-state index contributed by atoms with van der Waals surface area (Å²) in [4.78, 5) is 2.65. The van der Waals surface area contributed by atoms with E-state index < -0.39 is 0 Å². The van der Waals surface area contributed by atoms with Crippen molar-refractivity contribution in [2.45, 2.75) is 39.5 Å². The first kappa shape index (κ1) is 16.2. The molecule has 2 nitrogen and oxygen atoms in total. The third kappa shape index (κ3) is 5.51. The highest BCUT2D eigenvalue weighted by Gasteiger charge is 2.27. The van der Waals surface area contributed by atoms with Gasteiger partial charge in [-0.25, -0.2) is 0 Å². The predicted molar refractivity (Wildman–Crippen MR) is 67.0 cm³/mol. The molecule has 0 atom stereocenters. The minimum Gasteiger partial charge on any atom is -1.00 e. The van der Waals surface area contributed by atoms with Gasteiger partial charge in [0.25, 0.3) is 0 Å². The first-order chi connectivity index (χ1) is 7.20. The van der Waals surface area contributed by atoms with Crippen molar-refractivity contribution in [2.24, 2.45) is 0 Å². The number of rotatable bonds is 6. The molecular formula is C13H29ClN2. The Kier molecular flexibility index (Phi) is 8.43. The molecular weight excluding hydrogens is 220 g/mol. The molecule has 3 heteroatoms. The van der Waals surface area contributed by atoms with Crippen LogP contribution in [0.25, 0.3) is 0 Å². The number of likely N-dealkylation sites (N-methyl/N-ethyl adjacent to an activating group) is 1. The van der Waals surface area contributed by atoms with E-state index in [0.717, 1.165) is 0 Å². The van der Waals surface area contributed by atoms with Crippen molar-refractivity contribution < 1.29 is 16.9 Å². The second-order valence-corrected chi connectivity index (χ2v) is 5.34. The van der Waals surface area contributed by atoms with Crippen molar-refractivity contribution in [1.29, 1.82) is 0 Å². The number of piperazine rings is 1. The fourth-order valence-electron chi connectivity index (χ4n) is 2.36. The Labute approximate surface area is 108 Å². The van der Waals surface area contributed by atoms with Crippen LogP contribution in [0.3, 0.4) is 0 Å². The summed E-state index contributed by atoms with van der Waals surface area (Å²) in [7, 11) is 2.44. The predicted octanol–water partition coefficient (Wildman–Crippen LogP) is -0.647. The van der Waals surface area contributed by atoms with E-state index in [9.17, 15) is 0 Å². The van der Waals surface area contributed by atoms with E-state index >= 15 is 0 Å². The lowest BCUT2D eigenvalue weighted by atomic mass is 10.2. The van der Waals surface area contributed by atoms with Gasteiger partial charge in [0, 0.05) is 13.1 Å². The molecule has 0 spiro atoms. The molecule has 0 aromatic carbocycles. The van der Waals surface area contributed by atoms with Crippen LogP contribution in [-0.2, 0) is 0 Å². The molecule has 0 aromatic heterocycles. The van der Waals surface area contributed by atoms with Crippen LogP contribution in [0.2, 0.25) is 0 Å². The van der Waals surface area contributed by atoms with Gasteiger partial charge in [-0.2, -0.15) is 0 Å². The highest BCUT2D eigenvalue weighted by molar-refractivity contribution is 4.63. The van der Waals surface area contributed by atoms with Crippen LogP contribution in [0.4, 0.5) is 0 Å². The maximum absolute atomic E-state index is 2.65. The highest BCUT2D eigenvalue weighted by Crippen LogP contribution is 2.12. The van der Waals surface area contributed by atoms with E-state index in [1.54, 1.807) is 0 Å². The molecule has 0 saturated carbocycles. The molecule has 1 aliphatic heterocycles. The highest BCUT2D eigenvalue weighted by atomic mass is 35.5. The van der Waals surface area contributed by atoms with Crippen LogP contribution in [0, 0.1) is 0 Å². The zero-order valence-electron chi connectivity index (χ0n) is 11.3. The molecule has 0 N–H and O–H groups in total. The lowest BCUT2D eigenvalue weighted by Gasteiger charge is -2.42. The molecule has 0 aliphatic carbocycles. The Hall–Kier alpha value is 0.210. The van der Waals surface area contributed by atoms with Crippen LogP contribution in [0.5, 0.6) is 0 Å². The second kappa shape index (κ2) is 8.32. The zero-order chi connectivity index (χ0) is 11.1. The Morgan fingerprint density at radius 2 is 1.56 bits per heavy atom. The Balaban J connectivity index is 0.00000225. The number of nitrogens with zero attached hydrogens (tertiary/aromatic N) is 2. The average molecular weight is 249 g/mol. The van der Waals surface area contributed by atoms with Gasteiger partial charge < -0.3 is 16.9 Å². The molecule has 1 rings (SSSR count). The number of unbranched alkanes of at least 4 members (excludes halogenated alkanes) is 2. The number of hydrogen-bond donors (Lipinski definition) is 0. The molecule has 1 heterocycles. The summed E-state index contributed by atoms with van der Waals surface area (Å²) in [5.41, 5.74) is 0. The fraction of sp³-hybridized carbons (Fsp3) is 1.00. The summed E-state index contributed by atoms with van der Waals surface area (Å²) in [6.45, 7) is 12.7. The summed E-state index contributed by atoms with van der Waals surface area (Å²) < 4.78 is 1.32. The minimum absolute atomic E-state index is 0. The zero-order valence-corrected chi connectivity index (χ0v) is 12.1. The van der Waals surface area contributed by atoms with Crippen molar-refractivity contribution in [2.75, 3.05) is 46.3 Å². The van der Waals surface area contributed by atoms with Crippen molar-refractivity contribution in [3.63, 3.8) is 0 Å². The lowest BCUT2D eigenvalue weighted by Crippen LogP contribution is -3.00. The molecule has 1 fully saturated rings. The number of hydrogen-bond acceptors (Lipinski definition) is 1. The Morgan fingerprint density at radius 3 is 2.06 bits per heavy atom. The van der Waals surface area contributed by atoms with E-state index in [2.05, 4.69) is 25.8 Å². The fourth-order valence-corrected chi connectivity index (χ4v) is 2.36. The van der Waals surface area contributed by atoms with Gasteiger partial charge in [-0.05, 0) is 19.4 Å². The maximum atomic E-state index is 2.65. The topological polar surface area (TPSA) is 3.24 Å². The van der Waals surface area contributed by atoms with Gasteiger partial charge in [0.1, 0.15) is 0 Å². The standard InChI is InChI=1S/C13H29N2.ClH/c1-4-6-8-14-9-12-15(3,13-10-14)11-7-5-2;/h4-13H2,1-3H3;1H/q+1;/p-1. The summed E-state index contributed by atoms with van der Waals surface area (Å²) in [6.07, 6.45) is 5.44. The van der Waals surface area contributed by atoms with E-state index in [0.29, 0.717) is 0 Å². The van der Waals surface area contributed by atoms with Crippen LogP contribution in [0.1, 0.15) is 39.5 Å². The SMILES string of the molecule is CCCCN1CC[N+](C)(CCCC)CC1.[Cl-]. The monoisotopic (exact) mass is 248 g/mol. The molecule has 0 amide bonds. The summed E-state index contributed by atoms with van der Waals surface area (Å²) in [6, 6.07) is 0. The van der Waals surface area contributed by atoms with Crippen molar-refractivity contribution in [3.05, 3.63) is 0 Å². The third-order valence-corrected chi connectivity index (χ3v) is 3.79. The summed E-state index contributed by atoms with van der Waals surface area (Å²) in [5.74, 6) is 0. The molecule has 0 radical (unpaired) electrons. The second-order valence-electron chi connectivity index (χ2n) is 5.34. The first-order valence-corrected chi connectivity index (χ1v) is 6.76. The molecule has 0 unspecified atom stereocenters. The molecule has 1 saturated heterocycles. The largest absolute Gasteiger partial charge is 1.00 e. The van der Waals surface area contributed by atoms with Crippen LogP contribution in [0.15, 0.2) is 0 Å². The van der Waals surface area contributed by atoms with Gasteiger partial charge in [-0.15, -0.1) is 0 Å². The van der Waals surface area contributed by atoms with Gasteiger partial charge in [0.05, 0.1) is 26.7 Å². The molecule has 98 valence electrons. The maximum Gasteiger partial charge on any atom is 0.0914 e. The minimum atomic E-state index is 0. The quantitative estimate of drug-likeness (QED) is 0.565. The Morgan fingerprint density at radius 1 is 1.00 bits per heavy atom. The normalized spacial score (nSPS) is 20.4. The molecule has 16 heavy (non-hydrogen) atoms. The van der Waals surface area contributed by atoms with E-state index in [1.807, 2.05) is 0 Å². The van der Waals surface area contributed by atoms with Crippen LogP contribution < -0.4 is 12.4 Å². The smallest absolute Gasteiger partial charge is 0.0914 e. The van der Waals surface area contributed by atoms with Crippen LogP contribution in [-0.4, -0.2) is 55.7 Å². The van der Waals surface area contributed by atoms with E-state index in [-0.39, 0.29) is 12.4 Å². The van der Waals surface area contributed by atoms with Gasteiger partial charge in [-0.1, -0.05) is 26.7 Å². The van der Waals surface area contributed by atoms with Gasteiger partial charge in [0.15, 0.2) is 0 Å². The van der Waals surface area contributed by atoms with E-state index in [4.69, 9.17) is 0 Å². The Bertz CT molecular complexity index is 165. The van der Waals surface area contributed by atoms with Gasteiger partial charge in [0.2, 0.25) is 0 Å². The number of quaternary nitrogens is 1. The summed E-state index contributed by atoms with van der Waals surface area (Å²) >= 11 is 0. The average Bonchev–Trinajstić information content (AvgIpc) is 2.26. The van der Waals surface area contributed by atoms with E-state index in [1.165, 1.54) is 69.4 Å². The number of halogens is 1. The third-order valence-electron chi connectivity index (χ3n) is 3.79. The van der Waals surface area contributed by atoms with Crippen LogP contribution >= 0.6 is 0 Å². The van der Waals surface area contributed by atoms with Crippen molar-refractivity contribution >= 4 is 0 Å². The molecule has 0 aromatic rings. The lowest BCUT2D eigenvalue weighted by molar-refractivity contribution is -0.913. The molecule has 0 bridgehead atoms.